The zero-order chi connectivity index (χ0) is 11.4. The second-order valence-electron chi connectivity index (χ2n) is 2.49. The molecule has 0 radical (unpaired) electrons. The molecule has 0 fully saturated rings. The Labute approximate surface area is 87.9 Å². The van der Waals surface area contributed by atoms with Gasteiger partial charge in [-0.05, 0) is 13.0 Å². The highest BCUT2D eigenvalue weighted by atomic mass is 16.5. The first kappa shape index (κ1) is 15.5. The molecule has 2 nitrogen and oxygen atoms in total. The van der Waals surface area contributed by atoms with E-state index in [-0.39, 0.29) is 0 Å². The molecule has 0 aromatic heterocycles. The zero-order valence-corrected chi connectivity index (χ0v) is 9.80. The fourth-order valence-corrected chi connectivity index (χ4v) is 0.539. The van der Waals surface area contributed by atoms with Gasteiger partial charge in [0.1, 0.15) is 12.4 Å². The standard InChI is InChI=1S/C10H16O2.C2H6/c1-9(2)5-6-10(3)12-8-7-11-4;1-2/h5-6H,1,3,7-8H2,2,4H3;1-2H3/b6-5-;. The van der Waals surface area contributed by atoms with E-state index in [9.17, 15) is 0 Å². The summed E-state index contributed by atoms with van der Waals surface area (Å²) in [6.07, 6.45) is 3.65. The first-order valence-electron chi connectivity index (χ1n) is 4.81. The summed E-state index contributed by atoms with van der Waals surface area (Å²) in [5.41, 5.74) is 0.978. The average molecular weight is 198 g/mol. The van der Waals surface area contributed by atoms with Crippen molar-refractivity contribution in [1.29, 1.82) is 0 Å². The third kappa shape index (κ3) is 13.6. The van der Waals surface area contributed by atoms with Crippen molar-refractivity contribution in [3.63, 3.8) is 0 Å². The van der Waals surface area contributed by atoms with Gasteiger partial charge in [-0.1, -0.05) is 38.7 Å². The number of hydrogen-bond acceptors (Lipinski definition) is 2. The van der Waals surface area contributed by atoms with Crippen LogP contribution in [0.4, 0.5) is 0 Å². The predicted octanol–water partition coefficient (Wildman–Crippen LogP) is 3.32. The zero-order valence-electron chi connectivity index (χ0n) is 9.80. The van der Waals surface area contributed by atoms with E-state index >= 15 is 0 Å². The van der Waals surface area contributed by atoms with Gasteiger partial charge in [0.05, 0.1) is 6.61 Å². The highest BCUT2D eigenvalue weighted by molar-refractivity contribution is 5.19. The molecule has 0 aliphatic heterocycles. The van der Waals surface area contributed by atoms with Crippen molar-refractivity contribution in [1.82, 2.24) is 0 Å². The molecule has 0 saturated carbocycles. The van der Waals surface area contributed by atoms with E-state index in [1.165, 1.54) is 0 Å². The highest BCUT2D eigenvalue weighted by Crippen LogP contribution is 1.98. The minimum atomic E-state index is 0.538. The van der Waals surface area contributed by atoms with Crippen LogP contribution >= 0.6 is 0 Å². The molecule has 82 valence electrons. The fourth-order valence-electron chi connectivity index (χ4n) is 0.539. The molecule has 0 heterocycles. The predicted molar refractivity (Wildman–Crippen MR) is 62.3 cm³/mol. The molecule has 0 unspecified atom stereocenters. The van der Waals surface area contributed by atoms with Gasteiger partial charge in [-0.15, -0.1) is 0 Å². The van der Waals surface area contributed by atoms with E-state index < -0.39 is 0 Å². The lowest BCUT2D eigenvalue weighted by atomic mass is 10.3. The molecule has 0 spiro atoms. The van der Waals surface area contributed by atoms with E-state index in [2.05, 4.69) is 13.2 Å². The fraction of sp³-hybridized carbons (Fsp3) is 0.500. The summed E-state index contributed by atoms with van der Waals surface area (Å²) in [7, 11) is 1.63. The highest BCUT2D eigenvalue weighted by Gasteiger charge is 1.87. The SMILES string of the molecule is C=C(C)/C=C\C(=C)OCCOC.CC. The van der Waals surface area contributed by atoms with Gasteiger partial charge in [0, 0.05) is 7.11 Å². The molecule has 14 heavy (non-hydrogen) atoms. The van der Waals surface area contributed by atoms with Gasteiger partial charge < -0.3 is 9.47 Å². The van der Waals surface area contributed by atoms with E-state index in [1.807, 2.05) is 26.8 Å². The number of rotatable bonds is 6. The van der Waals surface area contributed by atoms with E-state index in [0.29, 0.717) is 19.0 Å². The lowest BCUT2D eigenvalue weighted by Gasteiger charge is -2.03. The Hall–Kier alpha value is -1.02. The molecule has 0 aliphatic carbocycles. The summed E-state index contributed by atoms with van der Waals surface area (Å²) in [6, 6.07) is 0. The second kappa shape index (κ2) is 12.0. The summed E-state index contributed by atoms with van der Waals surface area (Å²) < 4.78 is 10.00. The van der Waals surface area contributed by atoms with Gasteiger partial charge in [0.15, 0.2) is 0 Å². The lowest BCUT2D eigenvalue weighted by Crippen LogP contribution is -1.99. The molecule has 0 aliphatic rings. The van der Waals surface area contributed by atoms with E-state index in [1.54, 1.807) is 13.2 Å². The Morgan fingerprint density at radius 1 is 1.14 bits per heavy atom. The van der Waals surface area contributed by atoms with Crippen LogP contribution in [0.25, 0.3) is 0 Å². The van der Waals surface area contributed by atoms with Crippen molar-refractivity contribution in [2.45, 2.75) is 20.8 Å². The Morgan fingerprint density at radius 2 is 1.71 bits per heavy atom. The van der Waals surface area contributed by atoms with Gasteiger partial charge in [-0.25, -0.2) is 0 Å². The van der Waals surface area contributed by atoms with Crippen LogP contribution in [0.3, 0.4) is 0 Å². The van der Waals surface area contributed by atoms with Crippen molar-refractivity contribution in [3.05, 3.63) is 36.6 Å². The quantitative estimate of drug-likeness (QED) is 0.370. The second-order valence-corrected chi connectivity index (χ2v) is 2.49. The van der Waals surface area contributed by atoms with Crippen LogP contribution in [0.2, 0.25) is 0 Å². The third-order valence-electron chi connectivity index (χ3n) is 1.13. The molecule has 0 bridgehead atoms. The molecular formula is C12H22O2. The third-order valence-corrected chi connectivity index (χ3v) is 1.13. The van der Waals surface area contributed by atoms with Crippen molar-refractivity contribution < 1.29 is 9.47 Å². The molecule has 2 heteroatoms. The van der Waals surface area contributed by atoms with E-state index in [4.69, 9.17) is 9.47 Å². The molecular weight excluding hydrogens is 176 g/mol. The summed E-state index contributed by atoms with van der Waals surface area (Å²) in [6.45, 7) is 14.4. The minimum absolute atomic E-state index is 0.538. The van der Waals surface area contributed by atoms with Gasteiger partial charge >= 0.3 is 0 Å². The van der Waals surface area contributed by atoms with Crippen LogP contribution in [0.5, 0.6) is 0 Å². The number of ether oxygens (including phenoxy) is 2. The van der Waals surface area contributed by atoms with Crippen molar-refractivity contribution in [2.75, 3.05) is 20.3 Å². The molecule has 0 aromatic carbocycles. The van der Waals surface area contributed by atoms with Crippen LogP contribution in [0, 0.1) is 0 Å². The first-order chi connectivity index (χ1) is 6.66. The molecule has 0 rings (SSSR count). The van der Waals surface area contributed by atoms with Gasteiger partial charge in [-0.3, -0.25) is 0 Å². The molecule has 0 N–H and O–H groups in total. The summed E-state index contributed by atoms with van der Waals surface area (Å²) >= 11 is 0. The largest absolute Gasteiger partial charge is 0.492 e. The van der Waals surface area contributed by atoms with Gasteiger partial charge in [-0.2, -0.15) is 0 Å². The minimum Gasteiger partial charge on any atom is -0.492 e. The van der Waals surface area contributed by atoms with Crippen LogP contribution in [0.1, 0.15) is 20.8 Å². The molecule has 0 aromatic rings. The topological polar surface area (TPSA) is 18.5 Å². The van der Waals surface area contributed by atoms with Gasteiger partial charge in [0.25, 0.3) is 0 Å². The maximum absolute atomic E-state index is 5.19. The maximum Gasteiger partial charge on any atom is 0.112 e. The van der Waals surface area contributed by atoms with Crippen LogP contribution < -0.4 is 0 Å². The normalized spacial score (nSPS) is 9.14. The van der Waals surface area contributed by atoms with Crippen LogP contribution in [0.15, 0.2) is 36.6 Å². The number of allylic oxidation sites excluding steroid dienone is 3. The van der Waals surface area contributed by atoms with Crippen molar-refractivity contribution in [3.8, 4) is 0 Å². The van der Waals surface area contributed by atoms with Crippen LogP contribution in [-0.2, 0) is 9.47 Å². The molecule has 0 amide bonds. The number of methoxy groups -OCH3 is 1. The Balaban J connectivity index is 0. The molecule has 0 saturated heterocycles. The smallest absolute Gasteiger partial charge is 0.112 e. The van der Waals surface area contributed by atoms with E-state index in [0.717, 1.165) is 5.57 Å². The first-order valence-corrected chi connectivity index (χ1v) is 4.81. The maximum atomic E-state index is 5.19. The van der Waals surface area contributed by atoms with Crippen LogP contribution in [-0.4, -0.2) is 20.3 Å². The summed E-state index contributed by atoms with van der Waals surface area (Å²) in [4.78, 5) is 0. The summed E-state index contributed by atoms with van der Waals surface area (Å²) in [5.74, 6) is 0.634. The van der Waals surface area contributed by atoms with Crippen molar-refractivity contribution in [2.24, 2.45) is 0 Å². The Bertz CT molecular complexity index is 181. The summed E-state index contributed by atoms with van der Waals surface area (Å²) in [5, 5.41) is 0. The Kier molecular flexibility index (Phi) is 13.2. The van der Waals surface area contributed by atoms with Crippen molar-refractivity contribution >= 4 is 0 Å². The lowest BCUT2D eigenvalue weighted by molar-refractivity contribution is 0.115. The average Bonchev–Trinajstić information content (AvgIpc) is 2.18. The Morgan fingerprint density at radius 3 is 2.14 bits per heavy atom. The van der Waals surface area contributed by atoms with Gasteiger partial charge in [0.2, 0.25) is 0 Å². The number of hydrogen-bond donors (Lipinski definition) is 0. The monoisotopic (exact) mass is 198 g/mol. The molecule has 0 atom stereocenters.